The fraction of sp³-hybridized carbons (Fsp3) is 0.172. The minimum atomic E-state index is -0.949. The van der Waals surface area contributed by atoms with Crippen LogP contribution in [0.25, 0.3) is 0 Å². The van der Waals surface area contributed by atoms with E-state index in [1.54, 1.807) is 14.2 Å². The Morgan fingerprint density at radius 3 is 1.48 bits per heavy atom. The molecule has 0 fully saturated rings. The zero-order valence-electron chi connectivity index (χ0n) is 18.8. The fourth-order valence-electron chi connectivity index (χ4n) is 4.05. The number of rotatable bonds is 9. The van der Waals surface area contributed by atoms with E-state index in [1.807, 2.05) is 109 Å². The molecule has 0 spiro atoms. The molecule has 168 valence electrons. The minimum absolute atomic E-state index is 0.108. The Morgan fingerprint density at radius 2 is 1.03 bits per heavy atom. The molecule has 4 rings (SSSR count). The van der Waals surface area contributed by atoms with Crippen molar-refractivity contribution in [2.75, 3.05) is 20.8 Å². The van der Waals surface area contributed by atoms with Crippen molar-refractivity contribution in [3.05, 3.63) is 131 Å². The monoisotopic (exact) mass is 440 g/mol. The molecular formula is C29H28O4. The Kier molecular flexibility index (Phi) is 7.08. The van der Waals surface area contributed by atoms with Gasteiger partial charge in [0.25, 0.3) is 0 Å². The highest BCUT2D eigenvalue weighted by atomic mass is 16.5. The number of aliphatic hydroxyl groups is 1. The van der Waals surface area contributed by atoms with Crippen molar-refractivity contribution in [3.8, 4) is 11.5 Å². The molecule has 33 heavy (non-hydrogen) atoms. The summed E-state index contributed by atoms with van der Waals surface area (Å²) in [5, 5.41) is 10.9. The summed E-state index contributed by atoms with van der Waals surface area (Å²) in [6, 6.07) is 35.3. The molecule has 4 aromatic rings. The van der Waals surface area contributed by atoms with Gasteiger partial charge >= 0.3 is 0 Å². The van der Waals surface area contributed by atoms with Gasteiger partial charge in [-0.25, -0.2) is 0 Å². The van der Waals surface area contributed by atoms with Crippen LogP contribution < -0.4 is 9.47 Å². The Bertz CT molecular complexity index is 1080. The van der Waals surface area contributed by atoms with E-state index in [2.05, 4.69) is 0 Å². The van der Waals surface area contributed by atoms with Crippen LogP contribution in [0.4, 0.5) is 0 Å². The van der Waals surface area contributed by atoms with Gasteiger partial charge in [-0.3, -0.25) is 0 Å². The molecule has 1 atom stereocenters. The molecule has 1 unspecified atom stereocenters. The second-order valence-electron chi connectivity index (χ2n) is 7.74. The van der Waals surface area contributed by atoms with Gasteiger partial charge in [0.2, 0.25) is 0 Å². The van der Waals surface area contributed by atoms with Crippen LogP contribution in [0.3, 0.4) is 0 Å². The zero-order valence-corrected chi connectivity index (χ0v) is 18.8. The van der Waals surface area contributed by atoms with Crippen LogP contribution in [0.1, 0.15) is 28.4 Å². The van der Waals surface area contributed by atoms with Gasteiger partial charge in [0, 0.05) is 0 Å². The highest BCUT2D eigenvalue weighted by Gasteiger charge is 2.38. The van der Waals surface area contributed by atoms with Gasteiger partial charge < -0.3 is 19.3 Å². The Hall–Kier alpha value is -3.60. The van der Waals surface area contributed by atoms with E-state index >= 15 is 0 Å². The third kappa shape index (κ3) is 4.77. The summed E-state index contributed by atoms with van der Waals surface area (Å²) < 4.78 is 17.5. The van der Waals surface area contributed by atoms with Crippen molar-refractivity contribution in [1.29, 1.82) is 0 Å². The van der Waals surface area contributed by atoms with Crippen molar-refractivity contribution in [3.63, 3.8) is 0 Å². The lowest BCUT2D eigenvalue weighted by molar-refractivity contribution is -0.0390. The molecule has 0 aliphatic carbocycles. The number of aliphatic hydroxyl groups excluding tert-OH is 1. The standard InChI is InChI=1S/C29H28O4/c1-31-26-17-13-24(14-18-26)29(23-11-7-4-8-12-23,25-15-19-27(32-2)20-16-25)33-21-28(30)22-9-5-3-6-10-22/h3-20,28,30H,21H2,1-2H3. The summed E-state index contributed by atoms with van der Waals surface area (Å²) in [5.74, 6) is 1.53. The third-order valence-electron chi connectivity index (χ3n) is 5.82. The van der Waals surface area contributed by atoms with Gasteiger partial charge in [-0.05, 0) is 46.5 Å². The average molecular weight is 441 g/mol. The average Bonchev–Trinajstić information content (AvgIpc) is 2.90. The maximum absolute atomic E-state index is 10.9. The fourth-order valence-corrected chi connectivity index (χ4v) is 4.05. The number of methoxy groups -OCH3 is 2. The highest BCUT2D eigenvalue weighted by Crippen LogP contribution is 2.42. The number of ether oxygens (including phenoxy) is 3. The normalized spacial score (nSPS) is 12.2. The van der Waals surface area contributed by atoms with E-state index in [9.17, 15) is 5.11 Å². The second-order valence-corrected chi connectivity index (χ2v) is 7.74. The van der Waals surface area contributed by atoms with Crippen molar-refractivity contribution < 1.29 is 19.3 Å². The van der Waals surface area contributed by atoms with Crippen LogP contribution in [-0.4, -0.2) is 25.9 Å². The van der Waals surface area contributed by atoms with Crippen molar-refractivity contribution in [1.82, 2.24) is 0 Å². The van der Waals surface area contributed by atoms with Crippen LogP contribution in [-0.2, 0) is 10.3 Å². The Balaban J connectivity index is 1.84. The SMILES string of the molecule is COc1ccc(C(OCC(O)c2ccccc2)(c2ccccc2)c2ccc(OC)cc2)cc1. The van der Waals surface area contributed by atoms with Gasteiger partial charge in [-0.2, -0.15) is 0 Å². The molecule has 0 radical (unpaired) electrons. The first-order chi connectivity index (χ1) is 16.2. The highest BCUT2D eigenvalue weighted by molar-refractivity contribution is 5.49. The predicted molar refractivity (Wildman–Crippen MR) is 130 cm³/mol. The van der Waals surface area contributed by atoms with Crippen molar-refractivity contribution >= 4 is 0 Å². The number of benzene rings is 4. The molecule has 0 amide bonds. The largest absolute Gasteiger partial charge is 0.497 e. The van der Waals surface area contributed by atoms with Crippen LogP contribution in [0.15, 0.2) is 109 Å². The zero-order chi connectivity index (χ0) is 23.1. The van der Waals surface area contributed by atoms with Gasteiger partial charge in [0.1, 0.15) is 23.2 Å². The molecule has 0 aliphatic rings. The quantitative estimate of drug-likeness (QED) is 0.337. The molecular weight excluding hydrogens is 412 g/mol. The first-order valence-corrected chi connectivity index (χ1v) is 10.9. The smallest absolute Gasteiger partial charge is 0.143 e. The van der Waals surface area contributed by atoms with Crippen LogP contribution in [0, 0.1) is 0 Å². The van der Waals surface area contributed by atoms with E-state index in [1.165, 1.54) is 0 Å². The van der Waals surface area contributed by atoms with Gasteiger partial charge in [-0.1, -0.05) is 84.9 Å². The minimum Gasteiger partial charge on any atom is -0.497 e. The predicted octanol–water partition coefficient (Wildman–Crippen LogP) is 5.75. The van der Waals surface area contributed by atoms with E-state index in [-0.39, 0.29) is 6.61 Å². The topological polar surface area (TPSA) is 47.9 Å². The maximum Gasteiger partial charge on any atom is 0.143 e. The molecule has 0 bridgehead atoms. The van der Waals surface area contributed by atoms with E-state index in [0.717, 1.165) is 33.8 Å². The maximum atomic E-state index is 10.9. The van der Waals surface area contributed by atoms with Crippen molar-refractivity contribution in [2.45, 2.75) is 11.7 Å². The Morgan fingerprint density at radius 1 is 0.606 bits per heavy atom. The summed E-state index contributed by atoms with van der Waals surface area (Å²) in [6.07, 6.45) is -0.772. The van der Waals surface area contributed by atoms with E-state index in [0.29, 0.717) is 0 Å². The van der Waals surface area contributed by atoms with E-state index < -0.39 is 11.7 Å². The Labute approximate surface area is 195 Å². The second kappa shape index (κ2) is 10.3. The summed E-state index contributed by atoms with van der Waals surface area (Å²) in [5.41, 5.74) is 2.68. The molecule has 4 heteroatoms. The summed E-state index contributed by atoms with van der Waals surface area (Å²) in [7, 11) is 3.30. The molecule has 4 nitrogen and oxygen atoms in total. The lowest BCUT2D eigenvalue weighted by Gasteiger charge is -2.36. The summed E-state index contributed by atoms with van der Waals surface area (Å²) in [6.45, 7) is 0.108. The lowest BCUT2D eigenvalue weighted by Crippen LogP contribution is -2.34. The summed E-state index contributed by atoms with van der Waals surface area (Å²) in [4.78, 5) is 0. The lowest BCUT2D eigenvalue weighted by atomic mass is 9.80. The molecule has 0 saturated carbocycles. The summed E-state index contributed by atoms with van der Waals surface area (Å²) >= 11 is 0. The van der Waals surface area contributed by atoms with Gasteiger partial charge in [0.15, 0.2) is 0 Å². The molecule has 4 aromatic carbocycles. The van der Waals surface area contributed by atoms with Crippen LogP contribution in [0.2, 0.25) is 0 Å². The molecule has 0 saturated heterocycles. The first kappa shape index (κ1) is 22.6. The van der Waals surface area contributed by atoms with Crippen LogP contribution >= 0.6 is 0 Å². The first-order valence-electron chi connectivity index (χ1n) is 10.9. The van der Waals surface area contributed by atoms with E-state index in [4.69, 9.17) is 14.2 Å². The number of hydrogen-bond donors (Lipinski definition) is 1. The number of hydrogen-bond acceptors (Lipinski definition) is 4. The van der Waals surface area contributed by atoms with Crippen LogP contribution in [0.5, 0.6) is 11.5 Å². The van der Waals surface area contributed by atoms with Crippen molar-refractivity contribution in [2.24, 2.45) is 0 Å². The third-order valence-corrected chi connectivity index (χ3v) is 5.82. The molecule has 0 heterocycles. The molecule has 1 N–H and O–H groups in total. The molecule has 0 aromatic heterocycles. The van der Waals surface area contributed by atoms with Gasteiger partial charge in [0.05, 0.1) is 20.8 Å². The van der Waals surface area contributed by atoms with Gasteiger partial charge in [-0.15, -0.1) is 0 Å². The molecule has 0 aliphatic heterocycles.